The first-order valence-corrected chi connectivity index (χ1v) is 11.0. The summed E-state index contributed by atoms with van der Waals surface area (Å²) in [6.07, 6.45) is 3.67. The molecular formula is C24H28ClN3O2. The van der Waals surface area contributed by atoms with Gasteiger partial charge in [-0.25, -0.2) is 0 Å². The Morgan fingerprint density at radius 1 is 0.967 bits per heavy atom. The third-order valence-corrected chi connectivity index (χ3v) is 6.04. The minimum absolute atomic E-state index is 0.0237. The molecule has 2 aromatic rings. The van der Waals surface area contributed by atoms with Gasteiger partial charge in [0.05, 0.1) is 11.3 Å². The Labute approximate surface area is 183 Å². The number of anilines is 1. The summed E-state index contributed by atoms with van der Waals surface area (Å²) < 4.78 is 5.67. The van der Waals surface area contributed by atoms with Gasteiger partial charge >= 0.3 is 0 Å². The van der Waals surface area contributed by atoms with Gasteiger partial charge in [0, 0.05) is 49.5 Å². The number of nitrogens with zero attached hydrogens (tertiary/aromatic N) is 3. The maximum absolute atomic E-state index is 13.0. The lowest BCUT2D eigenvalue weighted by Gasteiger charge is -2.36. The highest BCUT2D eigenvalue weighted by molar-refractivity contribution is 6.30. The number of benzene rings is 2. The number of hydrogen-bond donors (Lipinski definition) is 0. The fourth-order valence-corrected chi connectivity index (χ4v) is 4.20. The second-order valence-electron chi connectivity index (χ2n) is 7.85. The van der Waals surface area contributed by atoms with E-state index in [1.54, 1.807) is 24.5 Å². The normalized spacial score (nSPS) is 17.3. The Kier molecular flexibility index (Phi) is 6.60. The van der Waals surface area contributed by atoms with Crippen LogP contribution in [0.25, 0.3) is 0 Å². The van der Waals surface area contributed by atoms with Gasteiger partial charge in [-0.1, -0.05) is 29.8 Å². The van der Waals surface area contributed by atoms with Crippen molar-refractivity contribution in [3.63, 3.8) is 0 Å². The van der Waals surface area contributed by atoms with E-state index in [1.807, 2.05) is 11.8 Å². The highest BCUT2D eigenvalue weighted by atomic mass is 35.5. The van der Waals surface area contributed by atoms with Crippen molar-refractivity contribution in [2.75, 3.05) is 44.2 Å². The molecule has 0 aliphatic carbocycles. The van der Waals surface area contributed by atoms with E-state index in [2.05, 4.69) is 40.1 Å². The average Bonchev–Trinajstić information content (AvgIpc) is 2.89. The Balaban J connectivity index is 1.24. The smallest absolute Gasteiger partial charge is 0.261 e. The van der Waals surface area contributed by atoms with Crippen LogP contribution in [0.1, 0.15) is 30.1 Å². The molecule has 6 heteroatoms. The maximum Gasteiger partial charge on any atom is 0.261 e. The van der Waals surface area contributed by atoms with Gasteiger partial charge < -0.3 is 14.5 Å². The molecule has 1 saturated heterocycles. The summed E-state index contributed by atoms with van der Waals surface area (Å²) in [4.78, 5) is 19.8. The quantitative estimate of drug-likeness (QED) is 0.632. The number of piperazine rings is 1. The number of ether oxygens (including phenoxy) is 1. The summed E-state index contributed by atoms with van der Waals surface area (Å²) in [5.74, 6) is 0.495. The van der Waals surface area contributed by atoms with Gasteiger partial charge in [0.25, 0.3) is 5.91 Å². The van der Waals surface area contributed by atoms with E-state index in [4.69, 9.17) is 16.3 Å². The molecule has 30 heavy (non-hydrogen) atoms. The second kappa shape index (κ2) is 9.54. The topological polar surface area (TPSA) is 36.0 Å². The first-order valence-electron chi connectivity index (χ1n) is 10.6. The van der Waals surface area contributed by atoms with Crippen LogP contribution >= 0.6 is 11.6 Å². The zero-order valence-corrected chi connectivity index (χ0v) is 18.1. The molecule has 1 fully saturated rings. The molecule has 2 heterocycles. The minimum atomic E-state index is -0.0237. The molecule has 0 radical (unpaired) electrons. The largest absolute Gasteiger partial charge is 0.462 e. The fraction of sp³-hybridized carbons (Fsp3) is 0.375. The van der Waals surface area contributed by atoms with E-state index in [-0.39, 0.29) is 5.91 Å². The summed E-state index contributed by atoms with van der Waals surface area (Å²) in [5.41, 5.74) is 2.69. The van der Waals surface area contributed by atoms with Gasteiger partial charge in [0.2, 0.25) is 0 Å². The first kappa shape index (κ1) is 20.8. The zero-order valence-electron chi connectivity index (χ0n) is 17.4. The first-order chi connectivity index (χ1) is 14.6. The van der Waals surface area contributed by atoms with Crippen LogP contribution in [0.4, 0.5) is 5.69 Å². The molecule has 158 valence electrons. The van der Waals surface area contributed by atoms with Crippen LogP contribution in [-0.2, 0) is 0 Å². The van der Waals surface area contributed by atoms with Gasteiger partial charge in [-0.05, 0) is 50.6 Å². The van der Waals surface area contributed by atoms with Crippen molar-refractivity contribution < 1.29 is 9.53 Å². The van der Waals surface area contributed by atoms with Crippen molar-refractivity contribution in [1.82, 2.24) is 9.80 Å². The molecule has 1 amide bonds. The molecule has 2 aliphatic rings. The van der Waals surface area contributed by atoms with E-state index in [9.17, 15) is 4.79 Å². The van der Waals surface area contributed by atoms with Crippen LogP contribution < -0.4 is 9.64 Å². The third kappa shape index (κ3) is 4.79. The van der Waals surface area contributed by atoms with Crippen molar-refractivity contribution in [2.24, 2.45) is 0 Å². The van der Waals surface area contributed by atoms with E-state index in [0.717, 1.165) is 51.3 Å². The number of unbranched alkanes of at least 4 members (excludes halogenated alkanes) is 1. The van der Waals surface area contributed by atoms with E-state index >= 15 is 0 Å². The Hall–Kier alpha value is -2.50. The number of para-hydroxylation sites is 1. The van der Waals surface area contributed by atoms with Gasteiger partial charge in [-0.15, -0.1) is 0 Å². The predicted octanol–water partition coefficient (Wildman–Crippen LogP) is 4.64. The summed E-state index contributed by atoms with van der Waals surface area (Å²) in [6.45, 7) is 7.96. The highest BCUT2D eigenvalue weighted by Crippen LogP contribution is 2.29. The number of hydrogen-bond acceptors (Lipinski definition) is 4. The number of allylic oxidation sites excluding steroid dienone is 1. The number of amides is 1. The number of halogens is 1. The van der Waals surface area contributed by atoms with Gasteiger partial charge in [0.15, 0.2) is 0 Å². The van der Waals surface area contributed by atoms with Crippen molar-refractivity contribution in [3.8, 4) is 5.75 Å². The van der Waals surface area contributed by atoms with Crippen LogP contribution in [0.5, 0.6) is 5.75 Å². The summed E-state index contributed by atoms with van der Waals surface area (Å²) in [6, 6.07) is 15.8. The molecular weight excluding hydrogens is 398 g/mol. The fourth-order valence-electron chi connectivity index (χ4n) is 4.04. The lowest BCUT2D eigenvalue weighted by Crippen LogP contribution is -2.46. The predicted molar refractivity (Wildman–Crippen MR) is 121 cm³/mol. The van der Waals surface area contributed by atoms with Crippen LogP contribution in [0.3, 0.4) is 0 Å². The van der Waals surface area contributed by atoms with E-state index < -0.39 is 0 Å². The van der Waals surface area contributed by atoms with Crippen molar-refractivity contribution >= 4 is 23.2 Å². The molecule has 0 saturated carbocycles. The molecule has 0 bridgehead atoms. The molecule has 0 N–H and O–H groups in total. The monoisotopic (exact) mass is 425 g/mol. The molecule has 0 spiro atoms. The third-order valence-electron chi connectivity index (χ3n) is 5.80. The van der Waals surface area contributed by atoms with Crippen LogP contribution in [0, 0.1) is 0 Å². The van der Waals surface area contributed by atoms with E-state index in [0.29, 0.717) is 22.9 Å². The minimum Gasteiger partial charge on any atom is -0.462 e. The van der Waals surface area contributed by atoms with Crippen molar-refractivity contribution in [3.05, 3.63) is 71.1 Å². The van der Waals surface area contributed by atoms with E-state index in [1.165, 1.54) is 5.69 Å². The van der Waals surface area contributed by atoms with Crippen molar-refractivity contribution in [1.29, 1.82) is 0 Å². The van der Waals surface area contributed by atoms with Gasteiger partial charge in [-0.3, -0.25) is 9.69 Å². The SMILES string of the molecule is CC1=COc2cc(Cl)ccc2C(=O)N1CCCCN1CCN(c2ccccc2)CC1. The number of fused-ring (bicyclic) bond motifs is 1. The summed E-state index contributed by atoms with van der Waals surface area (Å²) in [5, 5.41) is 0.563. The zero-order chi connectivity index (χ0) is 20.9. The molecule has 4 rings (SSSR count). The number of carbonyl (C=O) groups excluding carboxylic acids is 1. The molecule has 0 aromatic heterocycles. The lowest BCUT2D eigenvalue weighted by atomic mass is 10.1. The molecule has 0 unspecified atom stereocenters. The summed E-state index contributed by atoms with van der Waals surface area (Å²) >= 11 is 6.04. The molecule has 5 nitrogen and oxygen atoms in total. The number of carbonyl (C=O) groups is 1. The van der Waals surface area contributed by atoms with Gasteiger partial charge in [-0.2, -0.15) is 0 Å². The standard InChI is InChI=1S/C24H28ClN3O2/c1-19-18-30-23-17-20(25)9-10-22(23)24(29)28(19)12-6-5-11-26-13-15-27(16-14-26)21-7-3-2-4-8-21/h2-4,7-10,17-18H,5-6,11-16H2,1H3. The Morgan fingerprint density at radius 3 is 2.47 bits per heavy atom. The van der Waals surface area contributed by atoms with Crippen LogP contribution in [-0.4, -0.2) is 55.0 Å². The van der Waals surface area contributed by atoms with Crippen molar-refractivity contribution in [2.45, 2.75) is 19.8 Å². The maximum atomic E-state index is 13.0. The molecule has 0 atom stereocenters. The molecule has 2 aliphatic heterocycles. The summed E-state index contributed by atoms with van der Waals surface area (Å²) in [7, 11) is 0. The Bertz CT molecular complexity index is 908. The Morgan fingerprint density at radius 2 is 1.70 bits per heavy atom. The average molecular weight is 426 g/mol. The molecule has 2 aromatic carbocycles. The lowest BCUT2D eigenvalue weighted by molar-refractivity contribution is 0.0804. The second-order valence-corrected chi connectivity index (χ2v) is 8.28. The van der Waals surface area contributed by atoms with Crippen LogP contribution in [0.2, 0.25) is 5.02 Å². The number of rotatable bonds is 6. The van der Waals surface area contributed by atoms with Gasteiger partial charge in [0.1, 0.15) is 12.0 Å². The highest BCUT2D eigenvalue weighted by Gasteiger charge is 2.24. The van der Waals surface area contributed by atoms with Crippen LogP contribution in [0.15, 0.2) is 60.5 Å².